The van der Waals surface area contributed by atoms with Gasteiger partial charge in [-0.2, -0.15) is 0 Å². The van der Waals surface area contributed by atoms with Crippen molar-refractivity contribution >= 4 is 12.1 Å². The molecule has 0 N–H and O–H groups in total. The molecule has 2 nitrogen and oxygen atoms in total. The molecule has 0 aliphatic heterocycles. The van der Waals surface area contributed by atoms with E-state index in [2.05, 4.69) is 0 Å². The minimum atomic E-state index is -0.0580. The summed E-state index contributed by atoms with van der Waals surface area (Å²) in [5.74, 6) is -0.0580. The molecule has 0 aliphatic carbocycles. The average Bonchev–Trinajstić information content (AvgIpc) is 2.38. The maximum absolute atomic E-state index is 12.2. The third-order valence-corrected chi connectivity index (χ3v) is 2.57. The molecule has 0 aliphatic rings. The molecule has 0 amide bonds. The van der Waals surface area contributed by atoms with Gasteiger partial charge in [0, 0.05) is 16.7 Å². The lowest BCUT2D eigenvalue weighted by Crippen LogP contribution is -2.02. The highest BCUT2D eigenvalue weighted by molar-refractivity contribution is 6.09. The van der Waals surface area contributed by atoms with Crippen molar-refractivity contribution in [3.05, 3.63) is 70.8 Å². The highest BCUT2D eigenvalue weighted by Gasteiger charge is 2.09. The van der Waals surface area contributed by atoms with E-state index in [1.165, 1.54) is 0 Å². The Kier molecular flexibility index (Phi) is 3.15. The van der Waals surface area contributed by atoms with Crippen molar-refractivity contribution < 1.29 is 9.59 Å². The normalized spacial score (nSPS) is 9.94. The molecule has 17 heavy (non-hydrogen) atoms. The van der Waals surface area contributed by atoms with E-state index in [4.69, 9.17) is 0 Å². The fourth-order valence-electron chi connectivity index (χ4n) is 1.71. The van der Waals surface area contributed by atoms with Crippen LogP contribution in [0, 0.1) is 6.92 Å². The second-order valence-corrected chi connectivity index (χ2v) is 3.94. The summed E-state index contributed by atoms with van der Waals surface area (Å²) in [5.41, 5.74) is 2.75. The van der Waals surface area contributed by atoms with Gasteiger partial charge < -0.3 is 0 Å². The highest BCUT2D eigenvalue weighted by atomic mass is 16.1. The molecule has 0 unspecified atom stereocenters. The first-order chi connectivity index (χ1) is 8.20. The smallest absolute Gasteiger partial charge is 0.193 e. The van der Waals surface area contributed by atoms with Crippen molar-refractivity contribution in [2.45, 2.75) is 6.92 Å². The van der Waals surface area contributed by atoms with Crippen LogP contribution in [0.15, 0.2) is 48.5 Å². The summed E-state index contributed by atoms with van der Waals surface area (Å²) in [6.45, 7) is 1.94. The Morgan fingerprint density at radius 2 is 1.65 bits per heavy atom. The monoisotopic (exact) mass is 224 g/mol. The van der Waals surface area contributed by atoms with E-state index in [0.717, 1.165) is 11.8 Å². The van der Waals surface area contributed by atoms with Gasteiger partial charge in [0.2, 0.25) is 0 Å². The number of rotatable bonds is 3. The van der Waals surface area contributed by atoms with Crippen LogP contribution in [0.4, 0.5) is 0 Å². The van der Waals surface area contributed by atoms with Gasteiger partial charge in [0.1, 0.15) is 6.29 Å². The van der Waals surface area contributed by atoms with Gasteiger partial charge in [-0.3, -0.25) is 9.59 Å². The van der Waals surface area contributed by atoms with E-state index < -0.39 is 0 Å². The van der Waals surface area contributed by atoms with Crippen LogP contribution in [0.25, 0.3) is 0 Å². The van der Waals surface area contributed by atoms with Crippen LogP contribution in [0.1, 0.15) is 31.8 Å². The minimum Gasteiger partial charge on any atom is -0.298 e. The Bertz CT molecular complexity index is 571. The van der Waals surface area contributed by atoms with Crippen molar-refractivity contribution in [3.8, 4) is 0 Å². The molecule has 0 saturated heterocycles. The van der Waals surface area contributed by atoms with Crippen molar-refractivity contribution in [2.24, 2.45) is 0 Å². The second kappa shape index (κ2) is 4.74. The van der Waals surface area contributed by atoms with Gasteiger partial charge in [-0.15, -0.1) is 0 Å². The van der Waals surface area contributed by atoms with E-state index in [9.17, 15) is 9.59 Å². The molecule has 84 valence electrons. The maximum atomic E-state index is 12.2. The number of benzene rings is 2. The Balaban J connectivity index is 2.40. The first kappa shape index (κ1) is 11.3. The van der Waals surface area contributed by atoms with Gasteiger partial charge in [-0.1, -0.05) is 42.0 Å². The predicted octanol–water partition coefficient (Wildman–Crippen LogP) is 3.04. The summed E-state index contributed by atoms with van der Waals surface area (Å²) >= 11 is 0. The maximum Gasteiger partial charge on any atom is 0.193 e. The zero-order valence-electron chi connectivity index (χ0n) is 9.51. The SMILES string of the molecule is Cc1cccc(C(=O)c2cccc(C=O)c2)c1. The molecule has 0 fully saturated rings. The van der Waals surface area contributed by atoms with Crippen LogP contribution >= 0.6 is 0 Å². The van der Waals surface area contributed by atoms with E-state index >= 15 is 0 Å². The molecule has 0 radical (unpaired) electrons. The number of ketones is 1. The summed E-state index contributed by atoms with van der Waals surface area (Å²) in [6, 6.07) is 14.1. The first-order valence-corrected chi connectivity index (χ1v) is 5.37. The van der Waals surface area contributed by atoms with Gasteiger partial charge in [0.15, 0.2) is 5.78 Å². The molecular weight excluding hydrogens is 212 g/mol. The van der Waals surface area contributed by atoms with Gasteiger partial charge in [0.05, 0.1) is 0 Å². The lowest BCUT2D eigenvalue weighted by atomic mass is 10.0. The Morgan fingerprint density at radius 3 is 2.29 bits per heavy atom. The number of hydrogen-bond donors (Lipinski definition) is 0. The van der Waals surface area contributed by atoms with Crippen LogP contribution in [-0.4, -0.2) is 12.1 Å². The largest absolute Gasteiger partial charge is 0.298 e. The van der Waals surface area contributed by atoms with Crippen LogP contribution < -0.4 is 0 Å². The quantitative estimate of drug-likeness (QED) is 0.593. The summed E-state index contributed by atoms with van der Waals surface area (Å²) in [5, 5.41) is 0. The fourth-order valence-corrected chi connectivity index (χ4v) is 1.71. The van der Waals surface area contributed by atoms with Crippen molar-refractivity contribution in [3.63, 3.8) is 0 Å². The summed E-state index contributed by atoms with van der Waals surface area (Å²) in [6.07, 6.45) is 0.743. The average molecular weight is 224 g/mol. The van der Waals surface area contributed by atoms with Gasteiger partial charge in [-0.25, -0.2) is 0 Å². The third kappa shape index (κ3) is 2.48. The van der Waals surface area contributed by atoms with Crippen molar-refractivity contribution in [2.75, 3.05) is 0 Å². The molecule has 2 aromatic rings. The van der Waals surface area contributed by atoms with E-state index in [1.807, 2.05) is 25.1 Å². The summed E-state index contributed by atoms with van der Waals surface area (Å²) < 4.78 is 0. The number of carbonyl (C=O) groups is 2. The standard InChI is InChI=1S/C15H12O2/c1-11-4-2-6-13(8-11)15(17)14-7-3-5-12(9-14)10-16/h2-10H,1H3. The topological polar surface area (TPSA) is 34.1 Å². The Hall–Kier alpha value is -2.22. The molecule has 2 heteroatoms. The Morgan fingerprint density at radius 1 is 1.00 bits per heavy atom. The highest BCUT2D eigenvalue weighted by Crippen LogP contribution is 2.12. The number of aldehydes is 1. The van der Waals surface area contributed by atoms with E-state index in [-0.39, 0.29) is 5.78 Å². The fraction of sp³-hybridized carbons (Fsp3) is 0.0667. The number of aryl methyl sites for hydroxylation is 1. The van der Waals surface area contributed by atoms with Crippen LogP contribution in [-0.2, 0) is 0 Å². The molecule has 2 rings (SSSR count). The van der Waals surface area contributed by atoms with Crippen LogP contribution in [0.2, 0.25) is 0 Å². The first-order valence-electron chi connectivity index (χ1n) is 5.37. The zero-order chi connectivity index (χ0) is 12.3. The van der Waals surface area contributed by atoms with Gasteiger partial charge >= 0.3 is 0 Å². The molecule has 2 aromatic carbocycles. The van der Waals surface area contributed by atoms with Gasteiger partial charge in [-0.05, 0) is 19.1 Å². The minimum absolute atomic E-state index is 0.0580. The molecule has 0 aromatic heterocycles. The molecule has 0 spiro atoms. The number of carbonyl (C=O) groups excluding carboxylic acids is 2. The van der Waals surface area contributed by atoms with Crippen molar-refractivity contribution in [1.82, 2.24) is 0 Å². The second-order valence-electron chi connectivity index (χ2n) is 3.94. The summed E-state index contributed by atoms with van der Waals surface area (Å²) in [4.78, 5) is 22.8. The third-order valence-electron chi connectivity index (χ3n) is 2.57. The van der Waals surface area contributed by atoms with Crippen LogP contribution in [0.3, 0.4) is 0 Å². The summed E-state index contributed by atoms with van der Waals surface area (Å²) in [7, 11) is 0. The van der Waals surface area contributed by atoms with E-state index in [0.29, 0.717) is 16.7 Å². The molecule has 0 heterocycles. The van der Waals surface area contributed by atoms with Gasteiger partial charge in [0.25, 0.3) is 0 Å². The molecule has 0 saturated carbocycles. The van der Waals surface area contributed by atoms with Crippen molar-refractivity contribution in [1.29, 1.82) is 0 Å². The molecule has 0 atom stereocenters. The predicted molar refractivity (Wildman–Crippen MR) is 66.4 cm³/mol. The van der Waals surface area contributed by atoms with Crippen LogP contribution in [0.5, 0.6) is 0 Å². The zero-order valence-corrected chi connectivity index (χ0v) is 9.51. The molecule has 0 bridgehead atoms. The van der Waals surface area contributed by atoms with E-state index in [1.54, 1.807) is 30.3 Å². The Labute approximate surface area is 99.9 Å². The lowest BCUT2D eigenvalue weighted by molar-refractivity contribution is 0.103. The number of hydrogen-bond acceptors (Lipinski definition) is 2. The lowest BCUT2D eigenvalue weighted by Gasteiger charge is -2.02. The molecular formula is C15H12O2.